The highest BCUT2D eigenvalue weighted by Crippen LogP contribution is 2.33. The molecule has 0 bridgehead atoms. The first-order valence-corrected chi connectivity index (χ1v) is 5.44. The second-order valence-corrected chi connectivity index (χ2v) is 4.17. The number of aromatic nitrogens is 2. The zero-order valence-electron chi connectivity index (χ0n) is 8.87. The van der Waals surface area contributed by atoms with E-state index in [1.807, 2.05) is 0 Å². The highest BCUT2D eigenvalue weighted by Gasteiger charge is 2.32. The van der Waals surface area contributed by atoms with Gasteiger partial charge in [-0.25, -0.2) is 0 Å². The number of aldehydes is 1. The number of aliphatic carboxylic acids is 1. The van der Waals surface area contributed by atoms with Gasteiger partial charge in [-0.15, -0.1) is 0 Å². The number of hydrogen-bond donors (Lipinski definition) is 1. The van der Waals surface area contributed by atoms with Crippen LogP contribution in [0.3, 0.4) is 0 Å². The Morgan fingerprint density at radius 3 is 2.88 bits per heavy atom. The van der Waals surface area contributed by atoms with Crippen molar-refractivity contribution in [2.75, 3.05) is 0 Å². The van der Waals surface area contributed by atoms with E-state index in [2.05, 4.69) is 5.10 Å². The van der Waals surface area contributed by atoms with E-state index in [1.165, 1.54) is 6.20 Å². The molecule has 2 unspecified atom stereocenters. The van der Waals surface area contributed by atoms with E-state index >= 15 is 0 Å². The Hall–Kier alpha value is -1.65. The Kier molecular flexibility index (Phi) is 3.03. The summed E-state index contributed by atoms with van der Waals surface area (Å²) in [6, 6.07) is -0.111. The van der Waals surface area contributed by atoms with Gasteiger partial charge in [0.05, 0.1) is 23.7 Å². The van der Waals surface area contributed by atoms with Crippen LogP contribution in [0.1, 0.15) is 42.1 Å². The third kappa shape index (κ3) is 1.98. The summed E-state index contributed by atoms with van der Waals surface area (Å²) in [5.41, 5.74) is 0.495. The van der Waals surface area contributed by atoms with Crippen LogP contribution in [-0.4, -0.2) is 27.1 Å². The van der Waals surface area contributed by atoms with Gasteiger partial charge in [-0.05, 0) is 12.8 Å². The fraction of sp³-hybridized carbons (Fsp3) is 0.545. The van der Waals surface area contributed by atoms with Gasteiger partial charge in [0.15, 0.2) is 6.29 Å². The Morgan fingerprint density at radius 2 is 2.25 bits per heavy atom. The molecule has 5 nitrogen and oxygen atoms in total. The minimum absolute atomic E-state index is 0.111. The first-order valence-electron chi connectivity index (χ1n) is 5.44. The number of carbonyl (C=O) groups is 2. The molecule has 1 saturated carbocycles. The molecule has 1 fully saturated rings. The Morgan fingerprint density at radius 1 is 1.50 bits per heavy atom. The Balaban J connectivity index is 2.22. The molecule has 1 heterocycles. The summed E-state index contributed by atoms with van der Waals surface area (Å²) < 4.78 is 1.63. The normalized spacial score (nSPS) is 25.2. The highest BCUT2D eigenvalue weighted by atomic mass is 16.4. The second-order valence-electron chi connectivity index (χ2n) is 4.17. The molecule has 16 heavy (non-hydrogen) atoms. The number of carboxylic acids is 1. The molecule has 2 rings (SSSR count). The van der Waals surface area contributed by atoms with Crippen molar-refractivity contribution < 1.29 is 14.7 Å². The van der Waals surface area contributed by atoms with Crippen molar-refractivity contribution in [1.82, 2.24) is 9.78 Å². The molecule has 0 radical (unpaired) electrons. The summed E-state index contributed by atoms with van der Waals surface area (Å²) in [4.78, 5) is 21.7. The molecule has 0 aromatic carbocycles. The van der Waals surface area contributed by atoms with Crippen LogP contribution in [0.5, 0.6) is 0 Å². The summed E-state index contributed by atoms with van der Waals surface area (Å²) in [7, 11) is 0. The molecular weight excluding hydrogens is 208 g/mol. The van der Waals surface area contributed by atoms with Gasteiger partial charge in [-0.1, -0.05) is 12.8 Å². The fourth-order valence-electron chi connectivity index (χ4n) is 2.31. The minimum Gasteiger partial charge on any atom is -0.481 e. The highest BCUT2D eigenvalue weighted by molar-refractivity contribution is 5.73. The lowest BCUT2D eigenvalue weighted by Gasteiger charge is -2.28. The second kappa shape index (κ2) is 4.47. The number of carboxylic acid groups (broad SMARTS) is 1. The van der Waals surface area contributed by atoms with Crippen molar-refractivity contribution in [3.63, 3.8) is 0 Å². The predicted octanol–water partition coefficient (Wildman–Crippen LogP) is 1.51. The molecule has 86 valence electrons. The monoisotopic (exact) mass is 222 g/mol. The molecule has 1 aromatic rings. The van der Waals surface area contributed by atoms with Crippen LogP contribution in [0.4, 0.5) is 0 Å². The van der Waals surface area contributed by atoms with E-state index < -0.39 is 5.97 Å². The first-order chi connectivity index (χ1) is 7.72. The average Bonchev–Trinajstić information content (AvgIpc) is 2.77. The third-order valence-corrected chi connectivity index (χ3v) is 3.14. The van der Waals surface area contributed by atoms with Crippen LogP contribution >= 0.6 is 0 Å². The number of carbonyl (C=O) groups excluding carboxylic acids is 1. The quantitative estimate of drug-likeness (QED) is 0.787. The Bertz CT molecular complexity index is 400. The van der Waals surface area contributed by atoms with Crippen molar-refractivity contribution in [2.45, 2.75) is 31.7 Å². The van der Waals surface area contributed by atoms with E-state index in [4.69, 9.17) is 5.11 Å². The lowest BCUT2D eigenvalue weighted by Crippen LogP contribution is -2.29. The zero-order valence-corrected chi connectivity index (χ0v) is 8.87. The number of rotatable bonds is 3. The lowest BCUT2D eigenvalue weighted by molar-refractivity contribution is -0.144. The van der Waals surface area contributed by atoms with Gasteiger partial charge in [0.2, 0.25) is 0 Å². The third-order valence-electron chi connectivity index (χ3n) is 3.14. The molecule has 1 N–H and O–H groups in total. The van der Waals surface area contributed by atoms with E-state index in [0.717, 1.165) is 25.5 Å². The predicted molar refractivity (Wildman–Crippen MR) is 56.2 cm³/mol. The topological polar surface area (TPSA) is 72.2 Å². The smallest absolute Gasteiger partial charge is 0.308 e. The molecule has 1 aromatic heterocycles. The standard InChI is InChI=1S/C11H14N2O3/c14-7-8-5-12-13(6-8)10-4-2-1-3-9(10)11(15)16/h5-7,9-10H,1-4H2,(H,15,16). The molecule has 2 atom stereocenters. The van der Waals surface area contributed by atoms with Gasteiger partial charge in [-0.3, -0.25) is 14.3 Å². The summed E-state index contributed by atoms with van der Waals surface area (Å²) in [6.45, 7) is 0. The zero-order chi connectivity index (χ0) is 11.5. The molecule has 0 aliphatic heterocycles. The fourth-order valence-corrected chi connectivity index (χ4v) is 2.31. The van der Waals surface area contributed by atoms with Crippen molar-refractivity contribution in [2.24, 2.45) is 5.92 Å². The van der Waals surface area contributed by atoms with Crippen molar-refractivity contribution in [3.8, 4) is 0 Å². The van der Waals surface area contributed by atoms with E-state index in [0.29, 0.717) is 12.0 Å². The minimum atomic E-state index is -0.771. The van der Waals surface area contributed by atoms with Crippen LogP contribution < -0.4 is 0 Å². The molecule has 0 saturated heterocycles. The van der Waals surface area contributed by atoms with Gasteiger partial charge in [0.25, 0.3) is 0 Å². The molecule has 5 heteroatoms. The van der Waals surface area contributed by atoms with Crippen molar-refractivity contribution in [1.29, 1.82) is 0 Å². The van der Waals surface area contributed by atoms with Crippen LogP contribution in [0.2, 0.25) is 0 Å². The van der Waals surface area contributed by atoms with Crippen molar-refractivity contribution >= 4 is 12.3 Å². The largest absolute Gasteiger partial charge is 0.481 e. The SMILES string of the molecule is O=Cc1cnn(C2CCCCC2C(=O)O)c1. The summed E-state index contributed by atoms with van der Waals surface area (Å²) in [5.74, 6) is -1.15. The van der Waals surface area contributed by atoms with Crippen LogP contribution in [0.25, 0.3) is 0 Å². The van der Waals surface area contributed by atoms with Crippen LogP contribution in [-0.2, 0) is 4.79 Å². The maximum Gasteiger partial charge on any atom is 0.308 e. The molecule has 0 spiro atoms. The van der Waals surface area contributed by atoms with Crippen molar-refractivity contribution in [3.05, 3.63) is 18.0 Å². The van der Waals surface area contributed by atoms with E-state index in [1.54, 1.807) is 10.9 Å². The van der Waals surface area contributed by atoms with Gasteiger partial charge in [-0.2, -0.15) is 5.10 Å². The maximum atomic E-state index is 11.1. The van der Waals surface area contributed by atoms with Crippen LogP contribution in [0, 0.1) is 5.92 Å². The first kappa shape index (κ1) is 10.9. The summed E-state index contributed by atoms with van der Waals surface area (Å²) >= 11 is 0. The molecule has 0 amide bonds. The number of hydrogen-bond acceptors (Lipinski definition) is 3. The van der Waals surface area contributed by atoms with Gasteiger partial charge in [0.1, 0.15) is 0 Å². The van der Waals surface area contributed by atoms with E-state index in [9.17, 15) is 9.59 Å². The lowest BCUT2D eigenvalue weighted by atomic mass is 9.84. The van der Waals surface area contributed by atoms with Crippen LogP contribution in [0.15, 0.2) is 12.4 Å². The van der Waals surface area contributed by atoms with Gasteiger partial charge in [0, 0.05) is 6.20 Å². The maximum absolute atomic E-state index is 11.1. The molecule has 1 aliphatic carbocycles. The van der Waals surface area contributed by atoms with E-state index in [-0.39, 0.29) is 12.0 Å². The average molecular weight is 222 g/mol. The number of nitrogens with zero attached hydrogens (tertiary/aromatic N) is 2. The summed E-state index contributed by atoms with van der Waals surface area (Å²) in [6.07, 6.45) is 7.30. The van der Waals surface area contributed by atoms with Gasteiger partial charge >= 0.3 is 5.97 Å². The van der Waals surface area contributed by atoms with Gasteiger partial charge < -0.3 is 5.11 Å². The molecular formula is C11H14N2O3. The summed E-state index contributed by atoms with van der Waals surface area (Å²) in [5, 5.41) is 13.2. The Labute approximate surface area is 93.1 Å². The molecule has 1 aliphatic rings.